The second-order valence-corrected chi connectivity index (χ2v) is 9.99. The fraction of sp³-hybridized carbons (Fsp3) is 0.200. The second kappa shape index (κ2) is 11.5. The summed E-state index contributed by atoms with van der Waals surface area (Å²) >= 11 is 0. The first-order chi connectivity index (χ1) is 17.1. The third-order valence-electron chi connectivity index (χ3n) is 5.35. The molecule has 0 fully saturated rings. The summed E-state index contributed by atoms with van der Waals surface area (Å²) in [5, 5.41) is 16.6. The Hall–Kier alpha value is -4.25. The molecule has 0 heterocycles. The van der Waals surface area contributed by atoms with Crippen molar-refractivity contribution in [1.29, 1.82) is 0 Å². The van der Waals surface area contributed by atoms with Crippen LogP contribution in [0.3, 0.4) is 0 Å². The quantitative estimate of drug-likeness (QED) is 0.317. The number of carbonyl (C=O) groups is 2. The molecular weight excluding hydrogens is 484 g/mol. The highest BCUT2D eigenvalue weighted by molar-refractivity contribution is 7.92. The molecule has 36 heavy (non-hydrogen) atoms. The van der Waals surface area contributed by atoms with Crippen LogP contribution in [-0.2, 0) is 21.2 Å². The molecule has 0 saturated carbocycles. The minimum Gasteiger partial charge on any atom is -0.352 e. The van der Waals surface area contributed by atoms with Gasteiger partial charge in [0.15, 0.2) is 0 Å². The summed E-state index contributed by atoms with van der Waals surface area (Å²) in [6, 6.07) is 19.8. The molecule has 11 heteroatoms. The predicted molar refractivity (Wildman–Crippen MR) is 138 cm³/mol. The van der Waals surface area contributed by atoms with E-state index in [2.05, 4.69) is 10.6 Å². The van der Waals surface area contributed by atoms with Crippen LogP contribution in [0.2, 0.25) is 0 Å². The van der Waals surface area contributed by atoms with E-state index in [0.717, 1.165) is 22.2 Å². The van der Waals surface area contributed by atoms with Gasteiger partial charge in [-0.1, -0.05) is 48.5 Å². The Labute approximate surface area is 209 Å². The van der Waals surface area contributed by atoms with E-state index in [-0.39, 0.29) is 22.6 Å². The van der Waals surface area contributed by atoms with Crippen molar-refractivity contribution in [2.24, 2.45) is 0 Å². The van der Waals surface area contributed by atoms with Crippen LogP contribution in [0.5, 0.6) is 0 Å². The lowest BCUT2D eigenvalue weighted by Crippen LogP contribution is -2.38. The minimum absolute atomic E-state index is 0.0220. The summed E-state index contributed by atoms with van der Waals surface area (Å²) in [6.45, 7) is 1.34. The van der Waals surface area contributed by atoms with E-state index in [4.69, 9.17) is 0 Å². The number of nitro groups is 1. The molecule has 0 aromatic heterocycles. The summed E-state index contributed by atoms with van der Waals surface area (Å²) in [5.74, 6) is -1.10. The molecule has 3 aromatic carbocycles. The maximum Gasteiger partial charge on any atom is 0.271 e. The molecule has 0 radical (unpaired) electrons. The standard InChI is InChI=1S/C25H26N4O6S/c1-18-12-13-20(29(32)33)16-23(18)28(36(2,34)35)17-24(30)27-22-11-7-6-10-21(22)25(31)26-15-14-19-8-4-3-5-9-19/h3-13,16H,14-15,17H2,1-2H3,(H,26,31)(H,27,30). The van der Waals surface area contributed by atoms with Crippen LogP contribution in [0.1, 0.15) is 21.5 Å². The summed E-state index contributed by atoms with van der Waals surface area (Å²) < 4.78 is 25.7. The van der Waals surface area contributed by atoms with Gasteiger partial charge in [0.2, 0.25) is 15.9 Å². The topological polar surface area (TPSA) is 139 Å². The second-order valence-electron chi connectivity index (χ2n) is 8.08. The zero-order valence-corrected chi connectivity index (χ0v) is 20.6. The fourth-order valence-electron chi connectivity index (χ4n) is 3.53. The molecular formula is C25H26N4O6S. The Morgan fingerprint density at radius 2 is 1.67 bits per heavy atom. The summed E-state index contributed by atoms with van der Waals surface area (Å²) in [7, 11) is -3.96. The summed E-state index contributed by atoms with van der Waals surface area (Å²) in [5.41, 5.74) is 1.66. The molecule has 2 amide bonds. The van der Waals surface area contributed by atoms with Crippen molar-refractivity contribution in [1.82, 2.24) is 5.32 Å². The van der Waals surface area contributed by atoms with E-state index in [1.807, 2.05) is 30.3 Å². The third kappa shape index (κ3) is 6.89. The molecule has 0 atom stereocenters. The Morgan fingerprint density at radius 3 is 2.33 bits per heavy atom. The first-order valence-corrected chi connectivity index (χ1v) is 12.8. The van der Waals surface area contributed by atoms with E-state index < -0.39 is 33.3 Å². The number of carbonyl (C=O) groups excluding carboxylic acids is 2. The van der Waals surface area contributed by atoms with Gasteiger partial charge in [-0.3, -0.25) is 24.0 Å². The van der Waals surface area contributed by atoms with E-state index in [1.165, 1.54) is 18.2 Å². The molecule has 2 N–H and O–H groups in total. The average Bonchev–Trinajstić information content (AvgIpc) is 2.83. The molecule has 0 aliphatic rings. The smallest absolute Gasteiger partial charge is 0.271 e. The van der Waals surface area contributed by atoms with Gasteiger partial charge in [-0.15, -0.1) is 0 Å². The highest BCUT2D eigenvalue weighted by Gasteiger charge is 2.25. The molecule has 0 saturated heterocycles. The number of aryl methyl sites for hydroxylation is 1. The van der Waals surface area contributed by atoms with E-state index in [9.17, 15) is 28.1 Å². The number of hydrogen-bond acceptors (Lipinski definition) is 6. The van der Waals surface area contributed by atoms with Gasteiger partial charge in [0.05, 0.1) is 28.1 Å². The van der Waals surface area contributed by atoms with Crippen LogP contribution >= 0.6 is 0 Å². The van der Waals surface area contributed by atoms with Gasteiger partial charge in [0.25, 0.3) is 11.6 Å². The van der Waals surface area contributed by atoms with Crippen LogP contribution in [0.25, 0.3) is 0 Å². The molecule has 188 valence electrons. The van der Waals surface area contributed by atoms with Crippen LogP contribution < -0.4 is 14.9 Å². The monoisotopic (exact) mass is 510 g/mol. The van der Waals surface area contributed by atoms with Gasteiger partial charge in [-0.05, 0) is 36.6 Å². The SMILES string of the molecule is Cc1ccc([N+](=O)[O-])cc1N(CC(=O)Nc1ccccc1C(=O)NCCc1ccccc1)S(C)(=O)=O. The predicted octanol–water partition coefficient (Wildman–Crippen LogP) is 3.28. The molecule has 3 aromatic rings. The summed E-state index contributed by atoms with van der Waals surface area (Å²) in [4.78, 5) is 36.2. The Kier molecular flexibility index (Phi) is 8.38. The van der Waals surface area contributed by atoms with Gasteiger partial charge in [-0.2, -0.15) is 0 Å². The number of nitro benzene ring substituents is 1. The Bertz CT molecular complexity index is 1380. The highest BCUT2D eigenvalue weighted by atomic mass is 32.2. The van der Waals surface area contributed by atoms with Crippen molar-refractivity contribution >= 4 is 38.9 Å². The van der Waals surface area contributed by atoms with Crippen molar-refractivity contribution < 1.29 is 22.9 Å². The van der Waals surface area contributed by atoms with Gasteiger partial charge in [0.1, 0.15) is 6.54 Å². The third-order valence-corrected chi connectivity index (χ3v) is 6.47. The van der Waals surface area contributed by atoms with Gasteiger partial charge in [0, 0.05) is 18.7 Å². The Balaban J connectivity index is 1.75. The molecule has 3 rings (SSSR count). The van der Waals surface area contributed by atoms with Crippen molar-refractivity contribution in [3.8, 4) is 0 Å². The maximum absolute atomic E-state index is 12.9. The Morgan fingerprint density at radius 1 is 1.00 bits per heavy atom. The number of anilines is 2. The van der Waals surface area contributed by atoms with Crippen molar-refractivity contribution in [3.63, 3.8) is 0 Å². The lowest BCUT2D eigenvalue weighted by atomic mass is 10.1. The number of non-ortho nitro benzene ring substituents is 1. The summed E-state index contributed by atoms with van der Waals surface area (Å²) in [6.07, 6.45) is 1.54. The largest absolute Gasteiger partial charge is 0.352 e. The molecule has 0 aliphatic heterocycles. The van der Waals surface area contributed by atoms with Gasteiger partial charge < -0.3 is 10.6 Å². The number of hydrogen-bond donors (Lipinski definition) is 2. The first-order valence-electron chi connectivity index (χ1n) is 11.0. The van der Waals surface area contributed by atoms with Crippen LogP contribution in [0, 0.1) is 17.0 Å². The van der Waals surface area contributed by atoms with Crippen LogP contribution in [0.15, 0.2) is 72.8 Å². The fourth-order valence-corrected chi connectivity index (χ4v) is 4.44. The molecule has 0 spiro atoms. The van der Waals surface area contributed by atoms with Gasteiger partial charge >= 0.3 is 0 Å². The number of nitrogens with zero attached hydrogens (tertiary/aromatic N) is 2. The van der Waals surface area contributed by atoms with E-state index in [1.54, 1.807) is 25.1 Å². The van der Waals surface area contributed by atoms with Crippen LogP contribution in [-0.4, -0.2) is 44.5 Å². The molecule has 0 aliphatic carbocycles. The molecule has 0 bridgehead atoms. The lowest BCUT2D eigenvalue weighted by Gasteiger charge is -2.23. The molecule has 10 nitrogen and oxygen atoms in total. The number of nitrogens with one attached hydrogen (secondary N) is 2. The first kappa shape index (κ1) is 26.4. The molecule has 0 unspecified atom stereocenters. The number of rotatable bonds is 10. The number of benzene rings is 3. The number of amides is 2. The van der Waals surface area contributed by atoms with Crippen molar-refractivity contribution in [2.45, 2.75) is 13.3 Å². The zero-order chi connectivity index (χ0) is 26.3. The van der Waals surface area contributed by atoms with E-state index in [0.29, 0.717) is 18.5 Å². The number of para-hydroxylation sites is 1. The van der Waals surface area contributed by atoms with Gasteiger partial charge in [-0.25, -0.2) is 8.42 Å². The average molecular weight is 511 g/mol. The van der Waals surface area contributed by atoms with E-state index >= 15 is 0 Å². The van der Waals surface area contributed by atoms with Crippen molar-refractivity contribution in [3.05, 3.63) is 99.6 Å². The minimum atomic E-state index is -3.96. The lowest BCUT2D eigenvalue weighted by molar-refractivity contribution is -0.384. The van der Waals surface area contributed by atoms with Crippen molar-refractivity contribution in [2.75, 3.05) is 29.0 Å². The normalized spacial score (nSPS) is 10.9. The number of sulfonamides is 1. The highest BCUT2D eigenvalue weighted by Crippen LogP contribution is 2.27. The zero-order valence-electron chi connectivity index (χ0n) is 19.8. The maximum atomic E-state index is 12.9. The van der Waals surface area contributed by atoms with Crippen LogP contribution in [0.4, 0.5) is 17.1 Å².